The van der Waals surface area contributed by atoms with Crippen LogP contribution in [0.5, 0.6) is 0 Å². The number of Topliss-reactive ketones (excluding diaryl/α,β-unsaturated/α-hetero) is 1. The van der Waals surface area contributed by atoms with E-state index in [-0.39, 0.29) is 11.8 Å². The smallest absolute Gasteiger partial charge is 0.308 e. The Labute approximate surface area is 136 Å². The molecule has 0 aliphatic heterocycles. The van der Waals surface area contributed by atoms with Crippen molar-refractivity contribution in [3.63, 3.8) is 0 Å². The second kappa shape index (κ2) is 7.58. The van der Waals surface area contributed by atoms with Gasteiger partial charge in [0.25, 0.3) is 0 Å². The molecule has 0 saturated carbocycles. The number of amides is 2. The molecule has 0 fully saturated rings. The van der Waals surface area contributed by atoms with E-state index in [0.717, 1.165) is 29.7 Å². The third-order valence-corrected chi connectivity index (χ3v) is 3.79. The number of hydrogen-bond donors (Lipinski definition) is 2. The number of carbonyl (C=O) groups is 2. The van der Waals surface area contributed by atoms with Crippen LogP contribution in [0.25, 0.3) is 0 Å². The van der Waals surface area contributed by atoms with E-state index in [1.165, 1.54) is 6.92 Å². The Hall–Kier alpha value is -2.62. The van der Waals surface area contributed by atoms with E-state index in [2.05, 4.69) is 24.5 Å². The summed E-state index contributed by atoms with van der Waals surface area (Å²) in [4.78, 5) is 23.5. The van der Waals surface area contributed by atoms with Crippen molar-refractivity contribution < 1.29 is 9.59 Å². The molecule has 0 atom stereocenters. The highest BCUT2D eigenvalue weighted by molar-refractivity contribution is 6.01. The first-order valence-corrected chi connectivity index (χ1v) is 7.84. The second-order valence-electron chi connectivity index (χ2n) is 5.37. The van der Waals surface area contributed by atoms with Gasteiger partial charge < -0.3 is 10.6 Å². The Morgan fingerprint density at radius 1 is 0.870 bits per heavy atom. The Morgan fingerprint density at radius 3 is 1.91 bits per heavy atom. The molecule has 2 amide bonds. The molecule has 23 heavy (non-hydrogen) atoms. The van der Waals surface area contributed by atoms with Gasteiger partial charge >= 0.3 is 6.03 Å². The zero-order chi connectivity index (χ0) is 16.8. The molecule has 2 rings (SSSR count). The Morgan fingerprint density at radius 2 is 1.43 bits per heavy atom. The zero-order valence-electron chi connectivity index (χ0n) is 13.8. The van der Waals surface area contributed by atoms with E-state index in [9.17, 15) is 9.59 Å². The summed E-state index contributed by atoms with van der Waals surface area (Å²) in [7, 11) is 0. The lowest BCUT2D eigenvalue weighted by atomic mass is 10.0. The maximum absolute atomic E-state index is 12.2. The van der Waals surface area contributed by atoms with Crippen molar-refractivity contribution in [2.75, 3.05) is 10.6 Å². The minimum atomic E-state index is -0.281. The van der Waals surface area contributed by atoms with Crippen LogP contribution in [0, 0.1) is 0 Å². The normalized spacial score (nSPS) is 10.2. The molecule has 2 N–H and O–H groups in total. The molecule has 0 heterocycles. The largest absolute Gasteiger partial charge is 0.323 e. The molecule has 0 radical (unpaired) electrons. The van der Waals surface area contributed by atoms with Gasteiger partial charge in [0.1, 0.15) is 0 Å². The number of anilines is 2. The molecule has 2 aromatic rings. The molecule has 0 aliphatic carbocycles. The van der Waals surface area contributed by atoms with Crippen LogP contribution in [0.1, 0.15) is 42.3 Å². The molecule has 0 bridgehead atoms. The van der Waals surface area contributed by atoms with Gasteiger partial charge in [-0.15, -0.1) is 0 Å². The third kappa shape index (κ3) is 4.19. The molecule has 4 nitrogen and oxygen atoms in total. The average Bonchev–Trinajstić information content (AvgIpc) is 2.55. The number of carbonyl (C=O) groups excluding carboxylic acids is 2. The maximum atomic E-state index is 12.2. The number of ketones is 1. The van der Waals surface area contributed by atoms with Gasteiger partial charge in [-0.25, -0.2) is 4.79 Å². The lowest BCUT2D eigenvalue weighted by molar-refractivity contribution is 0.101. The molecular weight excluding hydrogens is 288 g/mol. The summed E-state index contributed by atoms with van der Waals surface area (Å²) in [6.07, 6.45) is 1.72. The van der Waals surface area contributed by atoms with Gasteiger partial charge in [0, 0.05) is 16.9 Å². The van der Waals surface area contributed by atoms with Crippen molar-refractivity contribution in [1.82, 2.24) is 0 Å². The monoisotopic (exact) mass is 310 g/mol. The highest BCUT2D eigenvalue weighted by Gasteiger charge is 2.10. The first-order valence-electron chi connectivity index (χ1n) is 7.84. The van der Waals surface area contributed by atoms with Crippen LogP contribution in [0.3, 0.4) is 0 Å². The SMILES string of the molecule is CCc1cccc(CC)c1NC(=O)Nc1ccc(C(C)=O)cc1. The van der Waals surface area contributed by atoms with Crippen molar-refractivity contribution in [2.45, 2.75) is 33.6 Å². The van der Waals surface area contributed by atoms with E-state index in [0.29, 0.717) is 11.3 Å². The standard InChI is InChI=1S/C19H22N2O2/c1-4-14-7-6-8-15(5-2)18(14)21-19(23)20-17-11-9-16(10-12-17)13(3)22/h6-12H,4-5H2,1-3H3,(H2,20,21,23). The summed E-state index contributed by atoms with van der Waals surface area (Å²) >= 11 is 0. The number of rotatable bonds is 5. The Kier molecular flexibility index (Phi) is 5.52. The fourth-order valence-electron chi connectivity index (χ4n) is 2.47. The van der Waals surface area contributed by atoms with Gasteiger partial charge in [0.15, 0.2) is 5.78 Å². The van der Waals surface area contributed by atoms with Crippen LogP contribution in [0.2, 0.25) is 0 Å². The van der Waals surface area contributed by atoms with Crippen molar-refractivity contribution in [3.8, 4) is 0 Å². The van der Waals surface area contributed by atoms with Crippen LogP contribution in [0.15, 0.2) is 42.5 Å². The number of hydrogen-bond acceptors (Lipinski definition) is 2. The molecule has 4 heteroatoms. The number of aryl methyl sites for hydroxylation is 2. The quantitative estimate of drug-likeness (QED) is 0.789. The molecule has 0 saturated heterocycles. The van der Waals surface area contributed by atoms with E-state index >= 15 is 0 Å². The molecule has 0 aliphatic rings. The van der Waals surface area contributed by atoms with Crippen molar-refractivity contribution in [2.24, 2.45) is 0 Å². The summed E-state index contributed by atoms with van der Waals surface area (Å²) in [5.41, 5.74) is 4.40. The third-order valence-electron chi connectivity index (χ3n) is 3.79. The highest BCUT2D eigenvalue weighted by Crippen LogP contribution is 2.23. The molecule has 0 unspecified atom stereocenters. The topological polar surface area (TPSA) is 58.2 Å². The summed E-state index contributed by atoms with van der Waals surface area (Å²) in [6.45, 7) is 5.65. The molecular formula is C19H22N2O2. The van der Waals surface area contributed by atoms with Crippen LogP contribution in [-0.4, -0.2) is 11.8 Å². The molecule has 2 aromatic carbocycles. The number of para-hydroxylation sites is 1. The number of benzene rings is 2. The second-order valence-corrected chi connectivity index (χ2v) is 5.37. The van der Waals surface area contributed by atoms with Crippen LogP contribution in [0.4, 0.5) is 16.2 Å². The van der Waals surface area contributed by atoms with Crippen LogP contribution >= 0.6 is 0 Å². The fourth-order valence-corrected chi connectivity index (χ4v) is 2.47. The van der Waals surface area contributed by atoms with Crippen LogP contribution < -0.4 is 10.6 Å². The number of nitrogens with one attached hydrogen (secondary N) is 2. The van der Waals surface area contributed by atoms with Gasteiger partial charge in [-0.05, 0) is 55.2 Å². The lowest BCUT2D eigenvalue weighted by Gasteiger charge is -2.15. The van der Waals surface area contributed by atoms with E-state index in [1.807, 2.05) is 18.2 Å². The minimum Gasteiger partial charge on any atom is -0.308 e. The van der Waals surface area contributed by atoms with Crippen molar-refractivity contribution in [1.29, 1.82) is 0 Å². The minimum absolute atomic E-state index is 0.00506. The predicted octanol–water partition coefficient (Wildman–Crippen LogP) is 4.66. The van der Waals surface area contributed by atoms with Gasteiger partial charge in [-0.2, -0.15) is 0 Å². The lowest BCUT2D eigenvalue weighted by Crippen LogP contribution is -2.21. The maximum Gasteiger partial charge on any atom is 0.323 e. The molecule has 120 valence electrons. The Bertz CT molecular complexity index is 684. The Balaban J connectivity index is 2.12. The number of urea groups is 1. The first-order chi connectivity index (χ1) is 11.0. The van der Waals surface area contributed by atoms with Crippen molar-refractivity contribution in [3.05, 3.63) is 59.2 Å². The predicted molar refractivity (Wildman–Crippen MR) is 94.3 cm³/mol. The van der Waals surface area contributed by atoms with Crippen LogP contribution in [-0.2, 0) is 12.8 Å². The average molecular weight is 310 g/mol. The summed E-state index contributed by atoms with van der Waals surface area (Å²) in [5.74, 6) is 0.00506. The summed E-state index contributed by atoms with van der Waals surface area (Å²) in [6, 6.07) is 12.6. The van der Waals surface area contributed by atoms with E-state index < -0.39 is 0 Å². The zero-order valence-corrected chi connectivity index (χ0v) is 13.8. The summed E-state index contributed by atoms with van der Waals surface area (Å²) in [5, 5.41) is 5.75. The highest BCUT2D eigenvalue weighted by atomic mass is 16.2. The van der Waals surface area contributed by atoms with Gasteiger partial charge in [0.2, 0.25) is 0 Å². The molecule has 0 aromatic heterocycles. The van der Waals surface area contributed by atoms with Gasteiger partial charge in [-0.1, -0.05) is 32.0 Å². The fraction of sp³-hybridized carbons (Fsp3) is 0.263. The first kappa shape index (κ1) is 16.7. The van der Waals surface area contributed by atoms with Gasteiger partial charge in [-0.3, -0.25) is 4.79 Å². The van der Waals surface area contributed by atoms with Gasteiger partial charge in [0.05, 0.1) is 0 Å². The van der Waals surface area contributed by atoms with E-state index in [1.54, 1.807) is 24.3 Å². The summed E-state index contributed by atoms with van der Waals surface area (Å²) < 4.78 is 0. The van der Waals surface area contributed by atoms with E-state index in [4.69, 9.17) is 0 Å². The molecule has 0 spiro atoms. The van der Waals surface area contributed by atoms with Crippen molar-refractivity contribution >= 4 is 23.2 Å².